The average molecular weight is 126 g/mol. The van der Waals surface area contributed by atoms with E-state index in [0.717, 1.165) is 0 Å². The average Bonchev–Trinajstić information content (AvgIpc) is 1.35. The molecule has 1 radical (unpaired) electrons. The molecule has 6 heavy (non-hydrogen) atoms. The largest absolute Gasteiger partial charge is 0.469 e. The summed E-state index contributed by atoms with van der Waals surface area (Å²) in [6.07, 6.45) is 0. The molecule has 0 aromatic rings. The van der Waals surface area contributed by atoms with Gasteiger partial charge in [-0.3, -0.25) is 0 Å². The zero-order chi connectivity index (χ0) is 5.21. The molecule has 1 atom stereocenters. The molecule has 0 aliphatic carbocycles. The van der Waals surface area contributed by atoms with Crippen LogP contribution in [0.4, 0.5) is 0 Å². The van der Waals surface area contributed by atoms with Crippen LogP contribution in [0.5, 0.6) is 0 Å². The third-order valence-electron chi connectivity index (χ3n) is 0.365. The van der Waals surface area contributed by atoms with Crippen molar-refractivity contribution in [3.8, 4) is 0 Å². The first-order chi connectivity index (χ1) is 2.56. The lowest BCUT2D eigenvalue weighted by molar-refractivity contribution is 0.276. The van der Waals surface area contributed by atoms with Crippen molar-refractivity contribution >= 4 is 18.9 Å². The molecule has 0 rings (SSSR count). The van der Waals surface area contributed by atoms with Gasteiger partial charge in [0.05, 0.1) is 0 Å². The molecular formula is C2H6ClO2Si. The van der Waals surface area contributed by atoms with Crippen molar-refractivity contribution in [2.75, 3.05) is 7.11 Å². The lowest BCUT2D eigenvalue weighted by Gasteiger charge is -2.00. The van der Waals surface area contributed by atoms with Gasteiger partial charge >= 0.3 is 7.87 Å². The third-order valence-corrected chi connectivity index (χ3v) is 1.56. The summed E-state index contributed by atoms with van der Waals surface area (Å²) < 4.78 is 4.29. The summed E-state index contributed by atoms with van der Waals surface area (Å²) >= 11 is 5.08. The molecule has 0 N–H and O–H groups in total. The number of rotatable bonds is 1. The van der Waals surface area contributed by atoms with Crippen molar-refractivity contribution in [1.82, 2.24) is 0 Å². The van der Waals surface area contributed by atoms with Gasteiger partial charge in [0.25, 0.3) is 0 Å². The van der Waals surface area contributed by atoms with Gasteiger partial charge in [-0.05, 0) is 6.55 Å². The van der Waals surface area contributed by atoms with Crippen LogP contribution in [0.1, 0.15) is 0 Å². The van der Waals surface area contributed by atoms with Crippen LogP contribution in [0.15, 0.2) is 0 Å². The fourth-order valence-electron chi connectivity index (χ4n) is 0. The second kappa shape index (κ2) is 1.93. The van der Waals surface area contributed by atoms with E-state index in [1.54, 1.807) is 0 Å². The second-order valence-electron chi connectivity index (χ2n) is 1.04. The Kier molecular flexibility index (Phi) is 2.07. The second-order valence-corrected chi connectivity index (χ2v) is 5.18. The van der Waals surface area contributed by atoms with E-state index in [1.807, 2.05) is 0 Å². The Bertz CT molecular complexity index is 41.3. The fourth-order valence-corrected chi connectivity index (χ4v) is 0. The summed E-state index contributed by atoms with van der Waals surface area (Å²) in [5, 5.41) is 0. The molecule has 0 aromatic carbocycles. The Hall–Kier alpha value is 0.427. The molecule has 0 aliphatic heterocycles. The van der Waals surface area contributed by atoms with Crippen molar-refractivity contribution in [2.24, 2.45) is 0 Å². The normalized spacial score (nSPS) is 20.0. The van der Waals surface area contributed by atoms with Gasteiger partial charge in [0.2, 0.25) is 0 Å². The molecule has 2 nitrogen and oxygen atoms in total. The monoisotopic (exact) mass is 125 g/mol. The van der Waals surface area contributed by atoms with E-state index in [9.17, 15) is 4.80 Å². The predicted molar refractivity (Wildman–Crippen MR) is 25.2 cm³/mol. The van der Waals surface area contributed by atoms with Crippen molar-refractivity contribution in [2.45, 2.75) is 6.55 Å². The maximum Gasteiger partial charge on any atom is 0.469 e. The highest BCUT2D eigenvalue weighted by Gasteiger charge is 2.22. The molecule has 0 spiro atoms. The zero-order valence-corrected chi connectivity index (χ0v) is 5.45. The standard InChI is InChI=1S/C2H6ClO2Si/c1-5-6(2,3)4/h1-2H3. The highest BCUT2D eigenvalue weighted by atomic mass is 35.6. The minimum absolute atomic E-state index is 1.33. The van der Waals surface area contributed by atoms with Crippen molar-refractivity contribution in [1.29, 1.82) is 0 Å². The maximum atomic E-state index is 10.2. The van der Waals surface area contributed by atoms with Crippen LogP contribution in [0.3, 0.4) is 0 Å². The summed E-state index contributed by atoms with van der Waals surface area (Å²) in [5.74, 6) is 0. The summed E-state index contributed by atoms with van der Waals surface area (Å²) in [4.78, 5) is 10.2. The quantitative estimate of drug-likeness (QED) is 0.378. The molecule has 37 valence electrons. The summed E-state index contributed by atoms with van der Waals surface area (Å²) in [6, 6.07) is 0. The molecule has 0 amide bonds. The van der Waals surface area contributed by atoms with E-state index in [2.05, 4.69) is 4.43 Å². The minimum Gasteiger partial charge on any atom is -0.385 e. The van der Waals surface area contributed by atoms with Crippen molar-refractivity contribution < 1.29 is 9.22 Å². The Morgan fingerprint density at radius 3 is 2.00 bits per heavy atom. The Labute approximate surface area is 42.6 Å². The van der Waals surface area contributed by atoms with Gasteiger partial charge in [-0.2, -0.15) is 0 Å². The molecule has 0 fully saturated rings. The van der Waals surface area contributed by atoms with Gasteiger partial charge in [0, 0.05) is 7.11 Å². The summed E-state index contributed by atoms with van der Waals surface area (Å²) in [6.45, 7) is 1.37. The molecule has 0 saturated carbocycles. The van der Waals surface area contributed by atoms with E-state index in [1.165, 1.54) is 13.7 Å². The fraction of sp³-hybridized carbons (Fsp3) is 1.00. The topological polar surface area (TPSA) is 29.1 Å². The first-order valence-electron chi connectivity index (χ1n) is 1.51. The van der Waals surface area contributed by atoms with Gasteiger partial charge in [-0.25, -0.2) is 4.80 Å². The van der Waals surface area contributed by atoms with E-state index in [-0.39, 0.29) is 0 Å². The zero-order valence-electron chi connectivity index (χ0n) is 3.69. The van der Waals surface area contributed by atoms with Gasteiger partial charge in [0.15, 0.2) is 0 Å². The molecule has 0 aliphatic rings. The highest BCUT2D eigenvalue weighted by molar-refractivity contribution is 7.11. The van der Waals surface area contributed by atoms with Gasteiger partial charge in [0.1, 0.15) is 0 Å². The molecule has 0 heterocycles. The Balaban J connectivity index is 3.17. The van der Waals surface area contributed by atoms with E-state index >= 15 is 0 Å². The third kappa shape index (κ3) is 4.43. The first-order valence-corrected chi connectivity index (χ1v) is 4.83. The Morgan fingerprint density at radius 1 is 1.83 bits per heavy atom. The molecule has 1 unspecified atom stereocenters. The van der Waals surface area contributed by atoms with Crippen LogP contribution >= 0.6 is 11.1 Å². The number of halogens is 1. The number of hydrogen-bond donors (Lipinski definition) is 0. The first kappa shape index (κ1) is 6.43. The van der Waals surface area contributed by atoms with E-state index in [0.29, 0.717) is 0 Å². The highest BCUT2D eigenvalue weighted by Crippen LogP contribution is 2.02. The van der Waals surface area contributed by atoms with Gasteiger partial charge in [-0.1, -0.05) is 11.1 Å². The van der Waals surface area contributed by atoms with Crippen molar-refractivity contribution in [3.63, 3.8) is 0 Å². The van der Waals surface area contributed by atoms with E-state index < -0.39 is 7.87 Å². The molecule has 0 saturated heterocycles. The number of hydrogen-bond acceptors (Lipinski definition) is 1. The SMILES string of the molecule is CO[Si](C)([O])Cl. The maximum absolute atomic E-state index is 10.2. The van der Waals surface area contributed by atoms with Crippen LogP contribution in [0.25, 0.3) is 0 Å². The Morgan fingerprint density at radius 2 is 2.00 bits per heavy atom. The van der Waals surface area contributed by atoms with Crippen molar-refractivity contribution in [3.05, 3.63) is 0 Å². The van der Waals surface area contributed by atoms with Crippen LogP contribution in [0, 0.1) is 0 Å². The summed E-state index contributed by atoms with van der Waals surface area (Å²) in [7, 11) is -1.58. The molecule has 4 heteroatoms. The summed E-state index contributed by atoms with van der Waals surface area (Å²) in [5.41, 5.74) is 0. The smallest absolute Gasteiger partial charge is 0.385 e. The molecular weight excluding hydrogens is 120 g/mol. The van der Waals surface area contributed by atoms with Crippen LogP contribution in [0.2, 0.25) is 6.55 Å². The lowest BCUT2D eigenvalue weighted by atomic mass is 11.8. The van der Waals surface area contributed by atoms with Crippen LogP contribution in [-0.4, -0.2) is 15.0 Å². The van der Waals surface area contributed by atoms with Gasteiger partial charge < -0.3 is 4.43 Å². The van der Waals surface area contributed by atoms with Gasteiger partial charge in [-0.15, -0.1) is 0 Å². The predicted octanol–water partition coefficient (Wildman–Crippen LogP) is 0.871. The lowest BCUT2D eigenvalue weighted by Crippen LogP contribution is -2.22. The van der Waals surface area contributed by atoms with E-state index in [4.69, 9.17) is 11.1 Å². The molecule has 0 aromatic heterocycles. The molecule has 0 bridgehead atoms. The van der Waals surface area contributed by atoms with Crippen LogP contribution < -0.4 is 0 Å². The minimum atomic E-state index is -2.91. The van der Waals surface area contributed by atoms with Crippen LogP contribution in [-0.2, 0) is 9.22 Å².